The van der Waals surface area contributed by atoms with E-state index < -0.39 is 23.7 Å². The maximum atomic E-state index is 13.3. The number of hydrogen-bond acceptors (Lipinski definition) is 3. The predicted octanol–water partition coefficient (Wildman–Crippen LogP) is 6.72. The van der Waals surface area contributed by atoms with Gasteiger partial charge < -0.3 is 15.5 Å². The lowest BCUT2D eigenvalue weighted by molar-refractivity contribution is -0.137. The number of nitrogens with zero attached hydrogens (tertiary/aromatic N) is 3. The van der Waals surface area contributed by atoms with Crippen LogP contribution in [0, 0.1) is 0 Å². The van der Waals surface area contributed by atoms with Crippen LogP contribution in [0.25, 0.3) is 5.69 Å². The highest BCUT2D eigenvalue weighted by atomic mass is 35.5. The number of aromatic nitrogens is 2. The zero-order valence-electron chi connectivity index (χ0n) is 21.0. The van der Waals surface area contributed by atoms with Crippen LogP contribution in [0.2, 0.25) is 5.02 Å². The molecule has 0 bridgehead atoms. The molecule has 0 spiro atoms. The summed E-state index contributed by atoms with van der Waals surface area (Å²) in [5, 5.41) is 10.1. The lowest BCUT2D eigenvalue weighted by atomic mass is 9.92. The molecule has 0 aliphatic carbocycles. The fourth-order valence-electron chi connectivity index (χ4n) is 3.56. The minimum atomic E-state index is -4.64. The Hall–Kier alpha value is -3.53. The molecule has 0 aliphatic heterocycles. The fraction of sp³-hybridized carbons (Fsp3) is 0.346. The Labute approximate surface area is 218 Å². The number of anilines is 2. The Bertz CT molecular complexity index is 1270. The van der Waals surface area contributed by atoms with E-state index in [4.69, 9.17) is 11.6 Å². The molecule has 37 heavy (non-hydrogen) atoms. The van der Waals surface area contributed by atoms with Gasteiger partial charge in [-0.1, -0.05) is 63.6 Å². The van der Waals surface area contributed by atoms with Gasteiger partial charge in [-0.2, -0.15) is 18.3 Å². The standard InChI is InChI=1S/C26H29ClF3N5O2/c1-5-14-34(24(37)31-19-12-8-6-10-17(19)26(28,29)30)16-23(36)32-22-15-21(25(2,3)4)33-35(22)20-13-9-7-11-18(20)27/h6-13,15H,5,14,16H2,1-4H3,(H,31,37)(H,32,36). The Morgan fingerprint density at radius 1 is 1.03 bits per heavy atom. The Morgan fingerprint density at radius 2 is 1.68 bits per heavy atom. The molecular weight excluding hydrogens is 507 g/mol. The molecule has 0 saturated carbocycles. The van der Waals surface area contributed by atoms with Gasteiger partial charge in [0.2, 0.25) is 5.91 Å². The van der Waals surface area contributed by atoms with Crippen molar-refractivity contribution >= 4 is 35.0 Å². The van der Waals surface area contributed by atoms with E-state index in [1.54, 1.807) is 37.3 Å². The van der Waals surface area contributed by atoms with Crippen LogP contribution in [0.4, 0.5) is 29.5 Å². The van der Waals surface area contributed by atoms with E-state index in [1.807, 2.05) is 20.8 Å². The number of para-hydroxylation sites is 2. The van der Waals surface area contributed by atoms with Gasteiger partial charge in [-0.25, -0.2) is 9.48 Å². The van der Waals surface area contributed by atoms with Gasteiger partial charge in [-0.05, 0) is 30.7 Å². The number of amides is 3. The summed E-state index contributed by atoms with van der Waals surface area (Å²) in [6.45, 7) is 7.50. The molecular formula is C26H29ClF3N5O2. The molecule has 2 N–H and O–H groups in total. The van der Waals surface area contributed by atoms with Gasteiger partial charge in [0, 0.05) is 18.0 Å². The molecule has 3 rings (SSSR count). The number of halogens is 4. The third-order valence-corrected chi connectivity index (χ3v) is 5.73. The van der Waals surface area contributed by atoms with Crippen LogP contribution in [0.5, 0.6) is 0 Å². The minimum Gasteiger partial charge on any atom is -0.315 e. The second kappa shape index (κ2) is 11.2. The third-order valence-electron chi connectivity index (χ3n) is 5.42. The smallest absolute Gasteiger partial charge is 0.315 e. The molecule has 198 valence electrons. The van der Waals surface area contributed by atoms with Gasteiger partial charge in [0.15, 0.2) is 0 Å². The Balaban J connectivity index is 1.83. The summed E-state index contributed by atoms with van der Waals surface area (Å²) >= 11 is 6.36. The molecule has 2 aromatic carbocycles. The van der Waals surface area contributed by atoms with Crippen LogP contribution in [0.3, 0.4) is 0 Å². The van der Waals surface area contributed by atoms with Crippen LogP contribution in [-0.4, -0.2) is 39.7 Å². The zero-order valence-corrected chi connectivity index (χ0v) is 21.7. The van der Waals surface area contributed by atoms with Crippen LogP contribution in [-0.2, 0) is 16.4 Å². The van der Waals surface area contributed by atoms with E-state index in [2.05, 4.69) is 15.7 Å². The van der Waals surface area contributed by atoms with E-state index in [0.717, 1.165) is 11.0 Å². The van der Waals surface area contributed by atoms with Crippen molar-refractivity contribution in [1.29, 1.82) is 0 Å². The van der Waals surface area contributed by atoms with Crippen molar-refractivity contribution < 1.29 is 22.8 Å². The minimum absolute atomic E-state index is 0.157. The molecule has 7 nitrogen and oxygen atoms in total. The van der Waals surface area contributed by atoms with Gasteiger partial charge in [0.05, 0.1) is 27.7 Å². The monoisotopic (exact) mass is 535 g/mol. The number of alkyl halides is 3. The molecule has 0 unspecified atom stereocenters. The molecule has 1 heterocycles. The SMILES string of the molecule is CCCN(CC(=O)Nc1cc(C(C)(C)C)nn1-c1ccccc1Cl)C(=O)Nc1ccccc1C(F)(F)F. The first-order valence-corrected chi connectivity index (χ1v) is 12.1. The van der Waals surface area contributed by atoms with Gasteiger partial charge in [-0.3, -0.25) is 4.79 Å². The normalized spacial score (nSPS) is 11.8. The highest BCUT2D eigenvalue weighted by Crippen LogP contribution is 2.34. The first-order valence-electron chi connectivity index (χ1n) is 11.7. The number of hydrogen-bond donors (Lipinski definition) is 2. The summed E-state index contributed by atoms with van der Waals surface area (Å²) in [5.41, 5.74) is -0.418. The molecule has 0 radical (unpaired) electrons. The van der Waals surface area contributed by atoms with E-state index >= 15 is 0 Å². The lowest BCUT2D eigenvalue weighted by Gasteiger charge is -2.23. The highest BCUT2D eigenvalue weighted by Gasteiger charge is 2.34. The summed E-state index contributed by atoms with van der Waals surface area (Å²) in [5.74, 6) is -0.191. The molecule has 0 saturated heterocycles. The second-order valence-electron chi connectivity index (χ2n) is 9.47. The quantitative estimate of drug-likeness (QED) is 0.352. The van der Waals surface area contributed by atoms with E-state index in [0.29, 0.717) is 28.6 Å². The van der Waals surface area contributed by atoms with Crippen LogP contribution < -0.4 is 10.6 Å². The zero-order chi connectivity index (χ0) is 27.4. The molecule has 0 fully saturated rings. The Kier molecular flexibility index (Phi) is 8.53. The van der Waals surface area contributed by atoms with Crippen LogP contribution in [0.1, 0.15) is 45.4 Å². The third kappa shape index (κ3) is 7.03. The van der Waals surface area contributed by atoms with E-state index in [-0.39, 0.29) is 24.2 Å². The molecule has 0 aliphatic rings. The second-order valence-corrected chi connectivity index (χ2v) is 9.88. The number of rotatable bonds is 7. The number of benzene rings is 2. The Morgan fingerprint density at radius 3 is 2.30 bits per heavy atom. The van der Waals surface area contributed by atoms with Gasteiger partial charge in [0.25, 0.3) is 0 Å². The molecule has 1 aromatic heterocycles. The molecule has 0 atom stereocenters. The van der Waals surface area contributed by atoms with Crippen molar-refractivity contribution in [2.24, 2.45) is 0 Å². The van der Waals surface area contributed by atoms with E-state index in [1.165, 1.54) is 22.9 Å². The van der Waals surface area contributed by atoms with Crippen LogP contribution in [0.15, 0.2) is 54.6 Å². The first kappa shape index (κ1) is 28.0. The molecule has 3 aromatic rings. The van der Waals surface area contributed by atoms with Crippen molar-refractivity contribution in [2.45, 2.75) is 45.7 Å². The summed E-state index contributed by atoms with van der Waals surface area (Å²) in [7, 11) is 0. The summed E-state index contributed by atoms with van der Waals surface area (Å²) in [6.07, 6.45) is -4.15. The van der Waals surface area contributed by atoms with Gasteiger partial charge in [-0.15, -0.1) is 0 Å². The van der Waals surface area contributed by atoms with Crippen molar-refractivity contribution in [1.82, 2.24) is 14.7 Å². The lowest BCUT2D eigenvalue weighted by Crippen LogP contribution is -2.41. The van der Waals surface area contributed by atoms with Crippen molar-refractivity contribution in [3.63, 3.8) is 0 Å². The average Bonchev–Trinajstić information content (AvgIpc) is 3.22. The van der Waals surface area contributed by atoms with Crippen molar-refractivity contribution in [3.8, 4) is 5.69 Å². The van der Waals surface area contributed by atoms with Gasteiger partial charge >= 0.3 is 12.2 Å². The average molecular weight is 536 g/mol. The maximum absolute atomic E-state index is 13.3. The topological polar surface area (TPSA) is 79.3 Å². The number of urea groups is 1. The van der Waals surface area contributed by atoms with Crippen molar-refractivity contribution in [2.75, 3.05) is 23.7 Å². The van der Waals surface area contributed by atoms with E-state index in [9.17, 15) is 22.8 Å². The predicted molar refractivity (Wildman–Crippen MR) is 138 cm³/mol. The number of nitrogens with one attached hydrogen (secondary N) is 2. The molecule has 3 amide bonds. The first-order chi connectivity index (χ1) is 17.3. The maximum Gasteiger partial charge on any atom is 0.418 e. The van der Waals surface area contributed by atoms with Crippen LogP contribution >= 0.6 is 11.6 Å². The fourth-order valence-corrected chi connectivity index (χ4v) is 3.77. The largest absolute Gasteiger partial charge is 0.418 e. The number of carbonyl (C=O) groups excluding carboxylic acids is 2. The number of carbonyl (C=O) groups is 2. The van der Waals surface area contributed by atoms with Crippen molar-refractivity contribution in [3.05, 3.63) is 70.9 Å². The summed E-state index contributed by atoms with van der Waals surface area (Å²) in [4.78, 5) is 27.0. The molecule has 11 heteroatoms. The van der Waals surface area contributed by atoms with Gasteiger partial charge in [0.1, 0.15) is 12.4 Å². The summed E-state index contributed by atoms with van der Waals surface area (Å²) < 4.78 is 41.6. The highest BCUT2D eigenvalue weighted by molar-refractivity contribution is 6.32. The summed E-state index contributed by atoms with van der Waals surface area (Å²) in [6, 6.07) is 12.6.